The number of nitriles is 1. The van der Waals surface area contributed by atoms with Crippen LogP contribution in [0.25, 0.3) is 0 Å². The van der Waals surface area contributed by atoms with Gasteiger partial charge in [-0.2, -0.15) is 5.26 Å². The van der Waals surface area contributed by atoms with Crippen LogP contribution in [0.3, 0.4) is 0 Å². The van der Waals surface area contributed by atoms with Crippen molar-refractivity contribution in [2.24, 2.45) is 12.5 Å². The second-order valence-corrected chi connectivity index (χ2v) is 6.10. The summed E-state index contributed by atoms with van der Waals surface area (Å²) in [5, 5.41) is 18.7. The minimum absolute atomic E-state index is 0.462. The molecule has 6 heteroatoms. The molecule has 2 rings (SSSR count). The molecule has 1 aliphatic rings. The highest BCUT2D eigenvalue weighted by atomic mass is 16.5. The van der Waals surface area contributed by atoms with Gasteiger partial charge in [-0.15, -0.1) is 0 Å². The summed E-state index contributed by atoms with van der Waals surface area (Å²) >= 11 is 0. The van der Waals surface area contributed by atoms with E-state index >= 15 is 0 Å². The molecule has 0 unspecified atom stereocenters. The van der Waals surface area contributed by atoms with Crippen molar-refractivity contribution in [1.29, 1.82) is 5.26 Å². The zero-order chi connectivity index (χ0) is 16.2. The Morgan fingerprint density at radius 3 is 2.95 bits per heavy atom. The number of carboxylic acids is 1. The number of carboxylic acid groups (broad SMARTS) is 1. The highest BCUT2D eigenvalue weighted by Crippen LogP contribution is 2.34. The molecule has 1 aromatic rings. The summed E-state index contributed by atoms with van der Waals surface area (Å²) in [4.78, 5) is 13.9. The van der Waals surface area contributed by atoms with Crippen LogP contribution in [0, 0.1) is 16.7 Å². The van der Waals surface area contributed by atoms with Gasteiger partial charge in [0.25, 0.3) is 0 Å². The normalized spacial score (nSPS) is 22.4. The Kier molecular flexibility index (Phi) is 5.22. The standard InChI is InChI=1S/C16H23N3O3/c1-18-10-13(8-14(18)9-17)11-19-6-3-4-16(12-19,15(20)21)5-7-22-2/h8,10H,3-7,11-12H2,1-2H3,(H,20,21)/t16-/m1/s1. The maximum Gasteiger partial charge on any atom is 0.311 e. The maximum absolute atomic E-state index is 11.8. The first kappa shape index (κ1) is 16.5. The topological polar surface area (TPSA) is 78.5 Å². The van der Waals surface area contributed by atoms with E-state index in [0.717, 1.165) is 18.5 Å². The smallest absolute Gasteiger partial charge is 0.311 e. The van der Waals surface area contributed by atoms with Crippen molar-refractivity contribution >= 4 is 5.97 Å². The third-order valence-electron chi connectivity index (χ3n) is 4.48. The molecule has 0 radical (unpaired) electrons. The highest BCUT2D eigenvalue weighted by Gasteiger charge is 2.41. The molecule has 1 aliphatic heterocycles. The molecular formula is C16H23N3O3. The molecule has 0 spiro atoms. The fourth-order valence-corrected chi connectivity index (χ4v) is 3.23. The first-order chi connectivity index (χ1) is 10.5. The van der Waals surface area contributed by atoms with Gasteiger partial charge in [-0.25, -0.2) is 0 Å². The van der Waals surface area contributed by atoms with E-state index in [1.54, 1.807) is 11.7 Å². The summed E-state index contributed by atoms with van der Waals surface area (Å²) in [6, 6.07) is 4.02. The van der Waals surface area contributed by atoms with E-state index in [0.29, 0.717) is 38.2 Å². The molecule has 1 atom stereocenters. The predicted molar refractivity (Wildman–Crippen MR) is 81.2 cm³/mol. The molecular weight excluding hydrogens is 282 g/mol. The maximum atomic E-state index is 11.8. The molecule has 6 nitrogen and oxygen atoms in total. The lowest BCUT2D eigenvalue weighted by atomic mass is 9.77. The lowest BCUT2D eigenvalue weighted by Crippen LogP contribution is -2.48. The Labute approximate surface area is 130 Å². The average Bonchev–Trinajstić information content (AvgIpc) is 2.85. The molecule has 1 saturated heterocycles. The van der Waals surface area contributed by atoms with Gasteiger partial charge in [0, 0.05) is 40.1 Å². The summed E-state index contributed by atoms with van der Waals surface area (Å²) in [5.74, 6) is -0.736. The molecule has 22 heavy (non-hydrogen) atoms. The zero-order valence-corrected chi connectivity index (χ0v) is 13.2. The van der Waals surface area contributed by atoms with Gasteiger partial charge in [0.15, 0.2) is 0 Å². The van der Waals surface area contributed by atoms with E-state index in [1.807, 2.05) is 19.3 Å². The Hall–Kier alpha value is -1.84. The van der Waals surface area contributed by atoms with E-state index < -0.39 is 11.4 Å². The van der Waals surface area contributed by atoms with Crippen LogP contribution in [-0.4, -0.2) is 47.3 Å². The zero-order valence-electron chi connectivity index (χ0n) is 13.2. The van der Waals surface area contributed by atoms with Gasteiger partial charge in [-0.05, 0) is 37.4 Å². The number of rotatable bonds is 6. The first-order valence-corrected chi connectivity index (χ1v) is 7.51. The molecule has 120 valence electrons. The molecule has 1 aromatic heterocycles. The van der Waals surface area contributed by atoms with E-state index in [2.05, 4.69) is 11.0 Å². The predicted octanol–water partition coefficient (Wildman–Crippen LogP) is 1.60. The van der Waals surface area contributed by atoms with Crippen molar-refractivity contribution in [1.82, 2.24) is 9.47 Å². The van der Waals surface area contributed by atoms with Crippen molar-refractivity contribution in [3.05, 3.63) is 23.5 Å². The van der Waals surface area contributed by atoms with Gasteiger partial charge in [0.2, 0.25) is 0 Å². The molecule has 0 aliphatic carbocycles. The minimum Gasteiger partial charge on any atom is -0.481 e. The molecule has 0 aromatic carbocycles. The number of hydrogen-bond acceptors (Lipinski definition) is 4. The summed E-state index contributed by atoms with van der Waals surface area (Å²) in [6.07, 6.45) is 4.03. The lowest BCUT2D eigenvalue weighted by molar-refractivity contribution is -0.154. The van der Waals surface area contributed by atoms with Gasteiger partial charge in [0.05, 0.1) is 5.41 Å². The van der Waals surface area contributed by atoms with Crippen LogP contribution in [0.4, 0.5) is 0 Å². The van der Waals surface area contributed by atoms with Gasteiger partial charge in [0.1, 0.15) is 11.8 Å². The van der Waals surface area contributed by atoms with Gasteiger partial charge < -0.3 is 14.4 Å². The average molecular weight is 305 g/mol. The molecule has 1 fully saturated rings. The molecule has 1 N–H and O–H groups in total. The quantitative estimate of drug-likeness (QED) is 0.863. The molecule has 0 bridgehead atoms. The second-order valence-electron chi connectivity index (χ2n) is 6.10. The monoisotopic (exact) mass is 305 g/mol. The number of ether oxygens (including phenoxy) is 1. The molecule has 0 saturated carbocycles. The van der Waals surface area contributed by atoms with Gasteiger partial charge in [-0.1, -0.05) is 0 Å². The second kappa shape index (κ2) is 6.95. The number of aromatic nitrogens is 1. The van der Waals surface area contributed by atoms with Crippen LogP contribution in [-0.2, 0) is 23.1 Å². The number of methoxy groups -OCH3 is 1. The largest absolute Gasteiger partial charge is 0.481 e. The van der Waals surface area contributed by atoms with Crippen LogP contribution in [0.1, 0.15) is 30.5 Å². The summed E-state index contributed by atoms with van der Waals surface area (Å²) in [6.45, 7) is 2.56. The van der Waals surface area contributed by atoms with Crippen molar-refractivity contribution in [2.75, 3.05) is 26.8 Å². The number of carbonyl (C=O) groups is 1. The van der Waals surface area contributed by atoms with Crippen LogP contribution in [0.2, 0.25) is 0 Å². The van der Waals surface area contributed by atoms with Crippen molar-refractivity contribution in [3.8, 4) is 6.07 Å². The van der Waals surface area contributed by atoms with E-state index in [9.17, 15) is 9.90 Å². The van der Waals surface area contributed by atoms with Crippen molar-refractivity contribution in [2.45, 2.75) is 25.8 Å². The van der Waals surface area contributed by atoms with Gasteiger partial charge >= 0.3 is 5.97 Å². The van der Waals surface area contributed by atoms with E-state index in [4.69, 9.17) is 10.00 Å². The van der Waals surface area contributed by atoms with Crippen LogP contribution < -0.4 is 0 Å². The third kappa shape index (κ3) is 3.49. The Morgan fingerprint density at radius 1 is 1.59 bits per heavy atom. The van der Waals surface area contributed by atoms with Crippen molar-refractivity contribution < 1.29 is 14.6 Å². The van der Waals surface area contributed by atoms with E-state index in [-0.39, 0.29) is 0 Å². The lowest BCUT2D eigenvalue weighted by Gasteiger charge is -2.39. The Balaban J connectivity index is 2.08. The summed E-state index contributed by atoms with van der Waals surface area (Å²) < 4.78 is 6.89. The number of piperidine rings is 1. The Morgan fingerprint density at radius 2 is 2.36 bits per heavy atom. The van der Waals surface area contributed by atoms with Crippen molar-refractivity contribution in [3.63, 3.8) is 0 Å². The van der Waals surface area contributed by atoms with Gasteiger partial charge in [-0.3, -0.25) is 9.69 Å². The molecule has 0 amide bonds. The third-order valence-corrected chi connectivity index (χ3v) is 4.48. The first-order valence-electron chi connectivity index (χ1n) is 7.51. The summed E-state index contributed by atoms with van der Waals surface area (Å²) in [7, 11) is 3.45. The highest BCUT2D eigenvalue weighted by molar-refractivity contribution is 5.75. The number of aryl methyl sites for hydroxylation is 1. The number of likely N-dealkylation sites (tertiary alicyclic amines) is 1. The minimum atomic E-state index is -0.736. The SMILES string of the molecule is COCC[C@]1(C(=O)O)CCCN(Cc2cc(C#N)n(C)c2)C1. The number of hydrogen-bond donors (Lipinski definition) is 1. The van der Waals surface area contributed by atoms with Crippen LogP contribution >= 0.6 is 0 Å². The summed E-state index contributed by atoms with van der Waals surface area (Å²) in [5.41, 5.74) is 0.948. The van der Waals surface area contributed by atoms with E-state index in [1.165, 1.54) is 0 Å². The van der Waals surface area contributed by atoms with Crippen LogP contribution in [0.5, 0.6) is 0 Å². The fourth-order valence-electron chi connectivity index (χ4n) is 3.23. The molecule has 2 heterocycles. The number of nitrogens with zero attached hydrogens (tertiary/aromatic N) is 3. The fraction of sp³-hybridized carbons (Fsp3) is 0.625. The Bertz CT molecular complexity index is 576. The number of aliphatic carboxylic acids is 1. The van der Waals surface area contributed by atoms with Crippen LogP contribution in [0.15, 0.2) is 12.3 Å².